The molecule has 100 valence electrons. The third-order valence-electron chi connectivity index (χ3n) is 2.43. The van der Waals surface area contributed by atoms with E-state index in [9.17, 15) is 4.79 Å². The molecule has 0 saturated carbocycles. The van der Waals surface area contributed by atoms with Gasteiger partial charge < -0.3 is 5.32 Å². The van der Waals surface area contributed by atoms with Crippen molar-refractivity contribution in [1.82, 2.24) is 15.5 Å². The fourth-order valence-corrected chi connectivity index (χ4v) is 2.60. The lowest BCUT2D eigenvalue weighted by molar-refractivity contribution is 0.0939. The van der Waals surface area contributed by atoms with Crippen LogP contribution in [0.3, 0.4) is 0 Å². The standard InChI is InChI=1S/C12H11BrClN3OS/c1-7(6-8-2-4-9(13)5-3-8)15-10(18)11-16-17-12(14)19-11/h2-5,7H,6H2,1H3,(H,15,18). The summed E-state index contributed by atoms with van der Waals surface area (Å²) in [6, 6.07) is 8.02. The number of carbonyl (C=O) groups is 1. The van der Waals surface area contributed by atoms with Crippen molar-refractivity contribution in [3.05, 3.63) is 43.8 Å². The Labute approximate surface area is 128 Å². The predicted octanol–water partition coefficient (Wildman–Crippen LogP) is 3.32. The first-order valence-corrected chi connectivity index (χ1v) is 7.57. The molecular weight excluding hydrogens is 350 g/mol. The van der Waals surface area contributed by atoms with Gasteiger partial charge in [-0.2, -0.15) is 0 Å². The fraction of sp³-hybridized carbons (Fsp3) is 0.250. The van der Waals surface area contributed by atoms with Crippen LogP contribution >= 0.6 is 38.9 Å². The number of carbonyl (C=O) groups excluding carboxylic acids is 1. The Morgan fingerprint density at radius 2 is 2.11 bits per heavy atom. The third-order valence-corrected chi connectivity index (χ3v) is 3.97. The van der Waals surface area contributed by atoms with E-state index in [-0.39, 0.29) is 21.4 Å². The van der Waals surface area contributed by atoms with Crippen LogP contribution in [0.1, 0.15) is 22.3 Å². The van der Waals surface area contributed by atoms with Crippen molar-refractivity contribution >= 4 is 44.8 Å². The lowest BCUT2D eigenvalue weighted by Crippen LogP contribution is -2.34. The highest BCUT2D eigenvalue weighted by Crippen LogP contribution is 2.15. The summed E-state index contributed by atoms with van der Waals surface area (Å²) in [5.74, 6) is -0.242. The van der Waals surface area contributed by atoms with Gasteiger partial charge in [-0.05, 0) is 42.6 Å². The van der Waals surface area contributed by atoms with Crippen molar-refractivity contribution in [3.8, 4) is 0 Å². The van der Waals surface area contributed by atoms with Crippen LogP contribution in [0.15, 0.2) is 28.7 Å². The van der Waals surface area contributed by atoms with Gasteiger partial charge in [-0.25, -0.2) is 0 Å². The summed E-state index contributed by atoms with van der Waals surface area (Å²) in [6.45, 7) is 1.95. The van der Waals surface area contributed by atoms with Crippen LogP contribution < -0.4 is 5.32 Å². The van der Waals surface area contributed by atoms with Crippen molar-refractivity contribution in [1.29, 1.82) is 0 Å². The summed E-state index contributed by atoms with van der Waals surface area (Å²) in [7, 11) is 0. The van der Waals surface area contributed by atoms with Crippen LogP contribution in [0.2, 0.25) is 4.47 Å². The minimum Gasteiger partial charge on any atom is -0.347 e. The van der Waals surface area contributed by atoms with Crippen LogP contribution in [0.25, 0.3) is 0 Å². The highest BCUT2D eigenvalue weighted by atomic mass is 79.9. The van der Waals surface area contributed by atoms with E-state index >= 15 is 0 Å². The van der Waals surface area contributed by atoms with Crippen molar-refractivity contribution in [2.24, 2.45) is 0 Å². The number of nitrogens with one attached hydrogen (secondary N) is 1. The SMILES string of the molecule is CC(Cc1ccc(Br)cc1)NC(=O)c1nnc(Cl)s1. The Morgan fingerprint density at radius 3 is 2.68 bits per heavy atom. The van der Waals surface area contributed by atoms with E-state index in [0.29, 0.717) is 0 Å². The average Bonchev–Trinajstić information content (AvgIpc) is 2.79. The Kier molecular flexibility index (Phi) is 4.90. The quantitative estimate of drug-likeness (QED) is 0.910. The summed E-state index contributed by atoms with van der Waals surface area (Å²) >= 11 is 10.1. The molecular formula is C12H11BrClN3OS. The number of aromatic nitrogens is 2. The zero-order valence-corrected chi connectivity index (χ0v) is 13.2. The molecule has 7 heteroatoms. The maximum atomic E-state index is 11.8. The van der Waals surface area contributed by atoms with Crippen LogP contribution in [0.5, 0.6) is 0 Å². The van der Waals surface area contributed by atoms with E-state index in [4.69, 9.17) is 11.6 Å². The maximum absolute atomic E-state index is 11.8. The first-order chi connectivity index (χ1) is 9.04. The van der Waals surface area contributed by atoms with Crippen molar-refractivity contribution in [2.45, 2.75) is 19.4 Å². The second-order valence-corrected chi connectivity index (χ2v) is 6.54. The molecule has 4 nitrogen and oxygen atoms in total. The van der Waals surface area contributed by atoms with Gasteiger partial charge in [-0.3, -0.25) is 4.79 Å². The molecule has 0 bridgehead atoms. The summed E-state index contributed by atoms with van der Waals surface area (Å²) in [6.07, 6.45) is 0.756. The van der Waals surface area contributed by atoms with Crippen LogP contribution in [0.4, 0.5) is 0 Å². The predicted molar refractivity (Wildman–Crippen MR) is 79.7 cm³/mol. The van der Waals surface area contributed by atoms with Gasteiger partial charge >= 0.3 is 0 Å². The number of hydrogen-bond donors (Lipinski definition) is 1. The number of halogens is 2. The Bertz CT molecular complexity index is 573. The molecule has 2 rings (SSSR count). The molecule has 0 aliphatic carbocycles. The zero-order valence-electron chi connectivity index (χ0n) is 10.1. The average molecular weight is 361 g/mol. The molecule has 0 aliphatic rings. The molecule has 1 aromatic carbocycles. The van der Waals surface area contributed by atoms with Crippen LogP contribution in [-0.4, -0.2) is 22.1 Å². The molecule has 0 aliphatic heterocycles. The molecule has 0 fully saturated rings. The molecule has 1 atom stereocenters. The monoisotopic (exact) mass is 359 g/mol. The number of benzene rings is 1. The second-order valence-electron chi connectivity index (χ2n) is 4.07. The molecule has 1 unspecified atom stereocenters. The first-order valence-electron chi connectivity index (χ1n) is 5.59. The topological polar surface area (TPSA) is 54.9 Å². The Morgan fingerprint density at radius 1 is 1.42 bits per heavy atom. The van der Waals surface area contributed by atoms with Crippen LogP contribution in [0, 0.1) is 0 Å². The molecule has 19 heavy (non-hydrogen) atoms. The van der Waals surface area contributed by atoms with Gasteiger partial charge in [-0.1, -0.05) is 39.4 Å². The van der Waals surface area contributed by atoms with Gasteiger partial charge in [-0.15, -0.1) is 10.2 Å². The maximum Gasteiger partial charge on any atom is 0.282 e. The Balaban J connectivity index is 1.92. The molecule has 1 amide bonds. The number of rotatable bonds is 4. The van der Waals surface area contributed by atoms with E-state index in [1.807, 2.05) is 31.2 Å². The van der Waals surface area contributed by atoms with Gasteiger partial charge in [0.05, 0.1) is 0 Å². The van der Waals surface area contributed by atoms with Gasteiger partial charge in [0.1, 0.15) is 0 Å². The number of nitrogens with zero attached hydrogens (tertiary/aromatic N) is 2. The van der Waals surface area contributed by atoms with Gasteiger partial charge in [0.2, 0.25) is 9.47 Å². The number of hydrogen-bond acceptors (Lipinski definition) is 4. The molecule has 1 N–H and O–H groups in total. The summed E-state index contributed by atoms with van der Waals surface area (Å²) < 4.78 is 1.31. The third kappa shape index (κ3) is 4.26. The smallest absolute Gasteiger partial charge is 0.282 e. The normalized spacial score (nSPS) is 12.2. The molecule has 0 saturated heterocycles. The van der Waals surface area contributed by atoms with Gasteiger partial charge in [0.25, 0.3) is 5.91 Å². The molecule has 0 radical (unpaired) electrons. The minimum absolute atomic E-state index is 0.0105. The molecule has 1 aromatic heterocycles. The molecule has 1 heterocycles. The van der Waals surface area contributed by atoms with Gasteiger partial charge in [0, 0.05) is 10.5 Å². The van der Waals surface area contributed by atoms with E-state index in [2.05, 4.69) is 31.4 Å². The highest BCUT2D eigenvalue weighted by molar-refractivity contribution is 9.10. The molecule has 2 aromatic rings. The second kappa shape index (κ2) is 6.45. The lowest BCUT2D eigenvalue weighted by Gasteiger charge is -2.12. The summed E-state index contributed by atoms with van der Waals surface area (Å²) in [4.78, 5) is 11.8. The largest absolute Gasteiger partial charge is 0.347 e. The minimum atomic E-state index is -0.242. The van der Waals surface area contributed by atoms with Gasteiger partial charge in [0.15, 0.2) is 0 Å². The number of amides is 1. The van der Waals surface area contributed by atoms with Crippen molar-refractivity contribution in [3.63, 3.8) is 0 Å². The summed E-state index contributed by atoms with van der Waals surface area (Å²) in [5, 5.41) is 10.5. The fourth-order valence-electron chi connectivity index (χ4n) is 1.61. The first kappa shape index (κ1) is 14.4. The van der Waals surface area contributed by atoms with Crippen molar-refractivity contribution in [2.75, 3.05) is 0 Å². The Hall–Kier alpha value is -0.980. The molecule has 0 spiro atoms. The summed E-state index contributed by atoms with van der Waals surface area (Å²) in [5.41, 5.74) is 1.16. The van der Waals surface area contributed by atoms with E-state index in [0.717, 1.165) is 27.8 Å². The van der Waals surface area contributed by atoms with Crippen molar-refractivity contribution < 1.29 is 4.79 Å². The van der Waals surface area contributed by atoms with E-state index in [1.54, 1.807) is 0 Å². The highest BCUT2D eigenvalue weighted by Gasteiger charge is 2.14. The van der Waals surface area contributed by atoms with Crippen LogP contribution in [-0.2, 0) is 6.42 Å². The zero-order chi connectivity index (χ0) is 13.8. The lowest BCUT2D eigenvalue weighted by atomic mass is 10.1. The van der Waals surface area contributed by atoms with E-state index < -0.39 is 0 Å². The van der Waals surface area contributed by atoms with E-state index in [1.165, 1.54) is 0 Å².